The summed E-state index contributed by atoms with van der Waals surface area (Å²) in [6.07, 6.45) is 4.56. The molecule has 0 saturated heterocycles. The molecule has 3 heteroatoms. The zero-order valence-corrected chi connectivity index (χ0v) is 16.0. The minimum atomic E-state index is -0.482. The molecule has 0 aliphatic heterocycles. The minimum Gasteiger partial charge on any atom is -0.329 e. The SMILES string of the molecule is C=C(C)c1cccc(C(C)(C)NC(=O)Nc2cccc3c2CCCC3)c1. The van der Waals surface area contributed by atoms with Crippen LogP contribution in [0.25, 0.3) is 5.57 Å². The van der Waals surface area contributed by atoms with Crippen LogP contribution in [0.15, 0.2) is 49.0 Å². The third-order valence-corrected chi connectivity index (χ3v) is 5.15. The molecule has 3 nitrogen and oxygen atoms in total. The van der Waals surface area contributed by atoms with E-state index in [1.165, 1.54) is 24.0 Å². The van der Waals surface area contributed by atoms with Gasteiger partial charge in [0.2, 0.25) is 0 Å². The van der Waals surface area contributed by atoms with Gasteiger partial charge >= 0.3 is 6.03 Å². The maximum absolute atomic E-state index is 12.7. The Balaban J connectivity index is 1.75. The van der Waals surface area contributed by atoms with Crippen LogP contribution in [0, 0.1) is 0 Å². The van der Waals surface area contributed by atoms with E-state index in [9.17, 15) is 4.79 Å². The second-order valence-corrected chi connectivity index (χ2v) is 7.72. The third kappa shape index (κ3) is 3.98. The number of hydrogen-bond acceptors (Lipinski definition) is 1. The molecule has 1 aliphatic rings. The number of carbonyl (C=O) groups excluding carboxylic acids is 1. The number of fused-ring (bicyclic) bond motifs is 1. The van der Waals surface area contributed by atoms with E-state index in [1.807, 2.05) is 51.1 Å². The van der Waals surface area contributed by atoms with Gasteiger partial charge in [0.1, 0.15) is 0 Å². The summed E-state index contributed by atoms with van der Waals surface area (Å²) in [7, 11) is 0. The van der Waals surface area contributed by atoms with Crippen molar-refractivity contribution in [2.24, 2.45) is 0 Å². The number of allylic oxidation sites excluding steroid dienone is 1. The van der Waals surface area contributed by atoms with Gasteiger partial charge < -0.3 is 10.6 Å². The molecule has 2 amide bonds. The lowest BCUT2D eigenvalue weighted by atomic mass is 9.90. The Morgan fingerprint density at radius 3 is 2.58 bits per heavy atom. The second-order valence-electron chi connectivity index (χ2n) is 7.72. The predicted octanol–water partition coefficient (Wildman–Crippen LogP) is 5.66. The fourth-order valence-corrected chi connectivity index (χ4v) is 3.58. The summed E-state index contributed by atoms with van der Waals surface area (Å²) in [5.41, 5.74) is 6.27. The molecular weight excluding hydrogens is 320 g/mol. The molecular formula is C23H28N2O. The van der Waals surface area contributed by atoms with Crippen LogP contribution in [0.1, 0.15) is 55.9 Å². The monoisotopic (exact) mass is 348 g/mol. The number of hydrogen-bond donors (Lipinski definition) is 2. The maximum Gasteiger partial charge on any atom is 0.319 e. The quantitative estimate of drug-likeness (QED) is 0.736. The number of benzene rings is 2. The van der Waals surface area contributed by atoms with Crippen LogP contribution in [0.5, 0.6) is 0 Å². The molecule has 0 fully saturated rings. The van der Waals surface area contributed by atoms with Gasteiger partial charge in [-0.3, -0.25) is 0 Å². The Kier molecular flexibility index (Phi) is 5.17. The molecule has 2 aromatic carbocycles. The van der Waals surface area contributed by atoms with Crippen molar-refractivity contribution in [3.8, 4) is 0 Å². The van der Waals surface area contributed by atoms with Crippen LogP contribution in [-0.4, -0.2) is 6.03 Å². The summed E-state index contributed by atoms with van der Waals surface area (Å²) in [6.45, 7) is 10.0. The Morgan fingerprint density at radius 2 is 1.81 bits per heavy atom. The van der Waals surface area contributed by atoms with Gasteiger partial charge in [0.15, 0.2) is 0 Å². The van der Waals surface area contributed by atoms with Gasteiger partial charge in [-0.25, -0.2) is 4.79 Å². The average molecular weight is 348 g/mol. The van der Waals surface area contributed by atoms with Crippen molar-refractivity contribution in [1.29, 1.82) is 0 Å². The summed E-state index contributed by atoms with van der Waals surface area (Å²) < 4.78 is 0. The Bertz CT molecular complexity index is 836. The van der Waals surface area contributed by atoms with Gasteiger partial charge in [0.25, 0.3) is 0 Å². The summed E-state index contributed by atoms with van der Waals surface area (Å²) in [5.74, 6) is 0. The van der Waals surface area contributed by atoms with E-state index in [4.69, 9.17) is 0 Å². The average Bonchev–Trinajstić information content (AvgIpc) is 2.61. The molecule has 136 valence electrons. The highest BCUT2D eigenvalue weighted by molar-refractivity contribution is 5.91. The molecule has 3 rings (SSSR count). The number of amides is 2. The number of nitrogens with one attached hydrogen (secondary N) is 2. The van der Waals surface area contributed by atoms with E-state index in [1.54, 1.807) is 0 Å². The molecule has 0 unspecified atom stereocenters. The van der Waals surface area contributed by atoms with E-state index >= 15 is 0 Å². The fraction of sp³-hybridized carbons (Fsp3) is 0.348. The smallest absolute Gasteiger partial charge is 0.319 e. The highest BCUT2D eigenvalue weighted by atomic mass is 16.2. The molecule has 0 spiro atoms. The Morgan fingerprint density at radius 1 is 1.08 bits per heavy atom. The molecule has 0 bridgehead atoms. The first-order chi connectivity index (χ1) is 12.4. The Labute approximate surface area is 156 Å². The zero-order valence-electron chi connectivity index (χ0n) is 16.0. The van der Waals surface area contributed by atoms with Crippen LogP contribution in [0.3, 0.4) is 0 Å². The topological polar surface area (TPSA) is 41.1 Å². The Hall–Kier alpha value is -2.55. The first-order valence-electron chi connectivity index (χ1n) is 9.33. The highest BCUT2D eigenvalue weighted by Gasteiger charge is 2.24. The summed E-state index contributed by atoms with van der Waals surface area (Å²) in [6, 6.07) is 14.2. The van der Waals surface area contributed by atoms with E-state index in [0.29, 0.717) is 0 Å². The van der Waals surface area contributed by atoms with Gasteiger partial charge in [-0.05, 0) is 80.8 Å². The molecule has 1 aliphatic carbocycles. The fourth-order valence-electron chi connectivity index (χ4n) is 3.58. The van der Waals surface area contributed by atoms with Crippen molar-refractivity contribution in [1.82, 2.24) is 5.32 Å². The molecule has 26 heavy (non-hydrogen) atoms. The highest BCUT2D eigenvalue weighted by Crippen LogP contribution is 2.28. The predicted molar refractivity (Wildman–Crippen MR) is 109 cm³/mol. The molecule has 0 atom stereocenters. The number of anilines is 1. The van der Waals surface area contributed by atoms with Crippen molar-refractivity contribution in [3.05, 3.63) is 71.3 Å². The van der Waals surface area contributed by atoms with Crippen LogP contribution in [0.4, 0.5) is 10.5 Å². The standard InChI is InChI=1S/C23H28N2O/c1-16(2)18-11-7-12-19(15-18)23(3,4)25-22(26)24-21-14-8-10-17-9-5-6-13-20(17)21/h7-8,10-12,14-15H,1,5-6,9,13H2,2-4H3,(H2,24,25,26). The minimum absolute atomic E-state index is 0.172. The van der Waals surface area contributed by atoms with E-state index < -0.39 is 5.54 Å². The molecule has 0 saturated carbocycles. The summed E-state index contributed by atoms with van der Waals surface area (Å²) >= 11 is 0. The lowest BCUT2D eigenvalue weighted by Gasteiger charge is -2.28. The van der Waals surface area contributed by atoms with Crippen LogP contribution >= 0.6 is 0 Å². The van der Waals surface area contributed by atoms with Crippen LogP contribution in [-0.2, 0) is 18.4 Å². The van der Waals surface area contributed by atoms with Crippen molar-refractivity contribution in [3.63, 3.8) is 0 Å². The summed E-state index contributed by atoms with van der Waals surface area (Å²) in [4.78, 5) is 12.7. The number of rotatable bonds is 4. The van der Waals surface area contributed by atoms with Gasteiger partial charge in [0, 0.05) is 5.69 Å². The molecule has 2 N–H and O–H groups in total. The summed E-state index contributed by atoms with van der Waals surface area (Å²) in [5, 5.41) is 6.18. The van der Waals surface area contributed by atoms with E-state index in [0.717, 1.165) is 35.2 Å². The molecule has 2 aromatic rings. The largest absolute Gasteiger partial charge is 0.329 e. The van der Waals surface area contributed by atoms with Crippen LogP contribution in [0.2, 0.25) is 0 Å². The molecule has 0 radical (unpaired) electrons. The second kappa shape index (κ2) is 7.36. The number of carbonyl (C=O) groups is 1. The maximum atomic E-state index is 12.7. The number of urea groups is 1. The van der Waals surface area contributed by atoms with Gasteiger partial charge in [-0.15, -0.1) is 0 Å². The third-order valence-electron chi connectivity index (χ3n) is 5.15. The van der Waals surface area contributed by atoms with Crippen molar-refractivity contribution in [2.75, 3.05) is 5.32 Å². The van der Waals surface area contributed by atoms with E-state index in [2.05, 4.69) is 29.3 Å². The van der Waals surface area contributed by atoms with Gasteiger partial charge in [-0.1, -0.05) is 42.5 Å². The van der Waals surface area contributed by atoms with Crippen molar-refractivity contribution < 1.29 is 4.79 Å². The normalized spacial score (nSPS) is 13.7. The van der Waals surface area contributed by atoms with Crippen molar-refractivity contribution >= 4 is 17.3 Å². The number of aryl methyl sites for hydroxylation is 1. The molecule has 0 heterocycles. The van der Waals surface area contributed by atoms with E-state index in [-0.39, 0.29) is 6.03 Å². The zero-order chi connectivity index (χ0) is 18.7. The first kappa shape index (κ1) is 18.2. The van der Waals surface area contributed by atoms with Gasteiger partial charge in [0.05, 0.1) is 5.54 Å². The van der Waals surface area contributed by atoms with Gasteiger partial charge in [-0.2, -0.15) is 0 Å². The van der Waals surface area contributed by atoms with Crippen LogP contribution < -0.4 is 10.6 Å². The first-order valence-corrected chi connectivity index (χ1v) is 9.33. The lowest BCUT2D eigenvalue weighted by molar-refractivity contribution is 0.242. The lowest BCUT2D eigenvalue weighted by Crippen LogP contribution is -2.43. The van der Waals surface area contributed by atoms with Crippen molar-refractivity contribution in [2.45, 2.75) is 52.0 Å². The molecule has 0 aromatic heterocycles.